The van der Waals surface area contributed by atoms with Crippen molar-refractivity contribution < 1.29 is 18.7 Å². The highest BCUT2D eigenvalue weighted by Gasteiger charge is 2.21. The molecular weight excluding hydrogens is 421 g/mol. The monoisotopic (exact) mass is 445 g/mol. The minimum atomic E-state index is -0.565. The van der Waals surface area contributed by atoms with Crippen LogP contribution in [0.15, 0.2) is 78.9 Å². The zero-order valence-corrected chi connectivity index (χ0v) is 18.1. The van der Waals surface area contributed by atoms with Crippen LogP contribution >= 0.6 is 0 Å². The maximum absolute atomic E-state index is 13.5. The normalized spacial score (nSPS) is 11.7. The first-order valence-electron chi connectivity index (χ1n) is 10.7. The Morgan fingerprint density at radius 1 is 0.970 bits per heavy atom. The molecule has 1 atom stereocenters. The van der Waals surface area contributed by atoms with Gasteiger partial charge in [-0.05, 0) is 42.8 Å². The number of H-pyrrole nitrogens is 1. The maximum Gasteiger partial charge on any atom is 0.319 e. The smallest absolute Gasteiger partial charge is 0.319 e. The van der Waals surface area contributed by atoms with Gasteiger partial charge in [-0.15, -0.1) is 0 Å². The fraction of sp³-hybridized carbons (Fsp3) is 0.154. The summed E-state index contributed by atoms with van der Waals surface area (Å²) in [6.45, 7) is 2.01. The van der Waals surface area contributed by atoms with Gasteiger partial charge in [-0.25, -0.2) is 9.18 Å². The fourth-order valence-corrected chi connectivity index (χ4v) is 3.74. The average molecular weight is 445 g/mol. The first kappa shape index (κ1) is 22.1. The molecule has 4 aromatic rings. The summed E-state index contributed by atoms with van der Waals surface area (Å²) >= 11 is 0. The van der Waals surface area contributed by atoms with Gasteiger partial charge < -0.3 is 20.4 Å². The summed E-state index contributed by atoms with van der Waals surface area (Å²) in [7, 11) is 0. The van der Waals surface area contributed by atoms with E-state index < -0.39 is 18.0 Å². The van der Waals surface area contributed by atoms with Crippen molar-refractivity contribution >= 4 is 28.6 Å². The van der Waals surface area contributed by atoms with Gasteiger partial charge in [-0.1, -0.05) is 48.5 Å². The summed E-state index contributed by atoms with van der Waals surface area (Å²) in [5.41, 5.74) is 3.58. The molecule has 33 heavy (non-hydrogen) atoms. The van der Waals surface area contributed by atoms with Crippen LogP contribution < -0.4 is 10.6 Å². The summed E-state index contributed by atoms with van der Waals surface area (Å²) in [6, 6.07) is 21.8. The molecule has 0 bridgehead atoms. The van der Waals surface area contributed by atoms with Crippen LogP contribution in [-0.2, 0) is 9.53 Å². The molecule has 0 unspecified atom stereocenters. The zero-order chi connectivity index (χ0) is 23.2. The Kier molecular flexibility index (Phi) is 6.69. The van der Waals surface area contributed by atoms with Crippen molar-refractivity contribution in [1.29, 1.82) is 0 Å². The number of anilines is 1. The molecule has 0 aliphatic carbocycles. The van der Waals surface area contributed by atoms with E-state index in [1.165, 1.54) is 12.1 Å². The Morgan fingerprint density at radius 3 is 2.39 bits per heavy atom. The molecule has 1 heterocycles. The minimum absolute atomic E-state index is 0.00395. The van der Waals surface area contributed by atoms with Crippen molar-refractivity contribution in [2.75, 3.05) is 11.9 Å². The number of hydrogen-bond donors (Lipinski definition) is 3. The summed E-state index contributed by atoms with van der Waals surface area (Å²) in [6.07, 6.45) is 0.00395. The van der Waals surface area contributed by atoms with Gasteiger partial charge in [0.25, 0.3) is 0 Å². The molecule has 4 rings (SSSR count). The van der Waals surface area contributed by atoms with E-state index in [2.05, 4.69) is 15.6 Å². The number of urea groups is 1. The molecule has 0 spiro atoms. The lowest BCUT2D eigenvalue weighted by molar-refractivity contribution is -0.143. The predicted molar refractivity (Wildman–Crippen MR) is 126 cm³/mol. The molecule has 6 nitrogen and oxygen atoms in total. The number of ether oxygens (including phenoxy) is 1. The number of fused-ring (bicyclic) bond motifs is 1. The highest BCUT2D eigenvalue weighted by molar-refractivity contribution is 6.07. The second-order valence-corrected chi connectivity index (χ2v) is 7.50. The first-order valence-corrected chi connectivity index (χ1v) is 10.7. The van der Waals surface area contributed by atoms with E-state index in [9.17, 15) is 14.0 Å². The first-order chi connectivity index (χ1) is 16.0. The van der Waals surface area contributed by atoms with Gasteiger partial charge in [0.2, 0.25) is 0 Å². The highest BCUT2D eigenvalue weighted by atomic mass is 19.1. The molecule has 2 amide bonds. The van der Waals surface area contributed by atoms with Crippen LogP contribution in [0.25, 0.3) is 22.2 Å². The summed E-state index contributed by atoms with van der Waals surface area (Å²) in [5, 5.41) is 6.63. The van der Waals surface area contributed by atoms with Crippen molar-refractivity contribution in [2.24, 2.45) is 0 Å². The van der Waals surface area contributed by atoms with Gasteiger partial charge in [0.1, 0.15) is 5.82 Å². The molecular formula is C26H24FN3O3. The summed E-state index contributed by atoms with van der Waals surface area (Å²) < 4.78 is 18.5. The van der Waals surface area contributed by atoms with E-state index in [0.717, 1.165) is 22.0 Å². The molecule has 1 aromatic heterocycles. The van der Waals surface area contributed by atoms with Crippen molar-refractivity contribution in [3.05, 3.63) is 90.2 Å². The predicted octanol–water partition coefficient (Wildman–Crippen LogP) is 5.79. The number of carbonyl (C=O) groups is 2. The number of aromatic nitrogens is 1. The third-order valence-corrected chi connectivity index (χ3v) is 5.26. The molecule has 0 aliphatic heterocycles. The number of hydrogen-bond acceptors (Lipinski definition) is 3. The van der Waals surface area contributed by atoms with Gasteiger partial charge in [0.05, 0.1) is 30.5 Å². The highest BCUT2D eigenvalue weighted by Crippen LogP contribution is 2.35. The SMILES string of the molecule is CCOC(=O)C[C@@H](NC(=O)Nc1c(-c2ccc(F)cc2)[nH]c2ccccc12)c1ccccc1. The van der Waals surface area contributed by atoms with E-state index >= 15 is 0 Å². The molecule has 0 aliphatic rings. The van der Waals surface area contributed by atoms with Crippen LogP contribution in [0.4, 0.5) is 14.9 Å². The Morgan fingerprint density at radius 2 is 1.67 bits per heavy atom. The van der Waals surface area contributed by atoms with E-state index in [0.29, 0.717) is 11.4 Å². The lowest BCUT2D eigenvalue weighted by Crippen LogP contribution is -2.34. The lowest BCUT2D eigenvalue weighted by Gasteiger charge is -2.19. The van der Waals surface area contributed by atoms with Crippen molar-refractivity contribution in [1.82, 2.24) is 10.3 Å². The van der Waals surface area contributed by atoms with Gasteiger partial charge in [-0.2, -0.15) is 0 Å². The number of aromatic amines is 1. The molecule has 168 valence electrons. The van der Waals surface area contributed by atoms with Gasteiger partial charge in [0, 0.05) is 16.5 Å². The summed E-state index contributed by atoms with van der Waals surface area (Å²) in [5.74, 6) is -0.738. The number of para-hydroxylation sites is 1. The summed E-state index contributed by atoms with van der Waals surface area (Å²) in [4.78, 5) is 28.5. The third kappa shape index (κ3) is 5.20. The third-order valence-electron chi connectivity index (χ3n) is 5.26. The Balaban J connectivity index is 1.63. The Bertz CT molecular complexity index is 1250. The van der Waals surface area contributed by atoms with Crippen molar-refractivity contribution in [3.63, 3.8) is 0 Å². The van der Waals surface area contributed by atoms with Gasteiger partial charge >= 0.3 is 12.0 Å². The largest absolute Gasteiger partial charge is 0.466 e. The van der Waals surface area contributed by atoms with Gasteiger partial charge in [-0.3, -0.25) is 4.79 Å². The Hall–Kier alpha value is -4.13. The number of nitrogens with one attached hydrogen (secondary N) is 3. The number of amides is 2. The van der Waals surface area contributed by atoms with E-state index in [4.69, 9.17) is 4.74 Å². The van der Waals surface area contributed by atoms with Crippen molar-refractivity contribution in [2.45, 2.75) is 19.4 Å². The molecule has 3 aromatic carbocycles. The standard InChI is InChI=1S/C26H24FN3O3/c1-2-33-23(31)16-22(17-8-4-3-5-9-17)29-26(32)30-25-20-10-6-7-11-21(20)28-24(25)18-12-14-19(27)15-13-18/h3-15,22,28H,2,16H2,1H3,(H2,29,30,32)/t22-/m1/s1. The van der Waals surface area contributed by atoms with Crippen LogP contribution in [0, 0.1) is 5.82 Å². The molecule has 7 heteroatoms. The second-order valence-electron chi connectivity index (χ2n) is 7.50. The van der Waals surface area contributed by atoms with Crippen LogP contribution in [0.1, 0.15) is 24.9 Å². The molecule has 0 saturated heterocycles. The number of benzene rings is 3. The molecule has 0 saturated carbocycles. The van der Waals surface area contributed by atoms with E-state index in [-0.39, 0.29) is 18.8 Å². The Labute approximate surface area is 190 Å². The number of carbonyl (C=O) groups excluding carboxylic acids is 2. The van der Waals surface area contributed by atoms with E-state index in [1.54, 1.807) is 19.1 Å². The van der Waals surface area contributed by atoms with Gasteiger partial charge in [0.15, 0.2) is 0 Å². The second kappa shape index (κ2) is 9.99. The van der Waals surface area contributed by atoms with Crippen molar-refractivity contribution in [3.8, 4) is 11.3 Å². The zero-order valence-electron chi connectivity index (χ0n) is 18.1. The number of halogens is 1. The lowest BCUT2D eigenvalue weighted by atomic mass is 10.0. The van der Waals surface area contributed by atoms with Crippen LogP contribution in [0.3, 0.4) is 0 Å². The number of esters is 1. The average Bonchev–Trinajstić information content (AvgIpc) is 3.18. The fourth-order valence-electron chi connectivity index (χ4n) is 3.74. The van der Waals surface area contributed by atoms with E-state index in [1.807, 2.05) is 54.6 Å². The maximum atomic E-state index is 13.5. The molecule has 0 radical (unpaired) electrons. The quantitative estimate of drug-likeness (QED) is 0.315. The minimum Gasteiger partial charge on any atom is -0.466 e. The molecule has 0 fully saturated rings. The van der Waals surface area contributed by atoms with Crippen LogP contribution in [0.2, 0.25) is 0 Å². The van der Waals surface area contributed by atoms with Crippen LogP contribution in [-0.4, -0.2) is 23.6 Å². The molecule has 3 N–H and O–H groups in total. The topological polar surface area (TPSA) is 83.2 Å². The van der Waals surface area contributed by atoms with Crippen LogP contribution in [0.5, 0.6) is 0 Å². The number of rotatable bonds is 7.